The number of halogens is 1. The second-order valence-corrected chi connectivity index (χ2v) is 8.25. The Morgan fingerprint density at radius 3 is 2.56 bits per heavy atom. The molecule has 0 bridgehead atoms. The van der Waals surface area contributed by atoms with Crippen LogP contribution in [0.3, 0.4) is 0 Å². The van der Waals surface area contributed by atoms with E-state index in [2.05, 4.69) is 10.0 Å². The number of carbonyl (C=O) groups is 1. The number of rotatable bonds is 6. The van der Waals surface area contributed by atoms with Gasteiger partial charge in [0.25, 0.3) is 0 Å². The Kier molecular flexibility index (Phi) is 6.45. The quantitative estimate of drug-likeness (QED) is 0.666. The summed E-state index contributed by atoms with van der Waals surface area (Å²) >= 11 is 0. The summed E-state index contributed by atoms with van der Waals surface area (Å²) in [6, 6.07) is 4.88. The molecule has 9 heteroatoms. The number of ether oxygens (including phenoxy) is 1. The van der Waals surface area contributed by atoms with Crippen LogP contribution < -0.4 is 15.8 Å². The monoisotopic (exact) mass is 389 g/mol. The first-order valence-corrected chi connectivity index (χ1v) is 9.63. The molecule has 3 rings (SSSR count). The van der Waals surface area contributed by atoms with Gasteiger partial charge in [-0.05, 0) is 36.1 Å². The largest absolute Gasteiger partial charge is 0.372 e. The van der Waals surface area contributed by atoms with Gasteiger partial charge in [-0.1, -0.05) is 18.9 Å². The van der Waals surface area contributed by atoms with E-state index in [0.717, 1.165) is 36.8 Å². The van der Waals surface area contributed by atoms with E-state index in [1.807, 2.05) is 0 Å². The van der Waals surface area contributed by atoms with E-state index in [-0.39, 0.29) is 35.3 Å². The van der Waals surface area contributed by atoms with Crippen LogP contribution in [0, 0.1) is 0 Å². The SMILES string of the molecule is Cl.NCC1(NC(=O)CNS(=O)(=O)c2ccc3c(c2)COC3)CCCC1. The molecule has 0 aromatic heterocycles. The number of nitrogens with one attached hydrogen (secondary N) is 2. The first kappa shape index (κ1) is 20.1. The Bertz CT molecular complexity index is 733. The van der Waals surface area contributed by atoms with Crippen molar-refractivity contribution in [1.82, 2.24) is 10.0 Å². The molecule has 1 aliphatic heterocycles. The minimum atomic E-state index is -3.73. The van der Waals surface area contributed by atoms with Gasteiger partial charge in [-0.15, -0.1) is 12.4 Å². The normalized spacial score (nSPS) is 18.4. The minimum absolute atomic E-state index is 0. The van der Waals surface area contributed by atoms with Crippen molar-refractivity contribution in [2.24, 2.45) is 5.73 Å². The molecule has 1 aliphatic carbocycles. The number of benzene rings is 1. The molecule has 1 aromatic carbocycles. The van der Waals surface area contributed by atoms with Gasteiger partial charge in [0.15, 0.2) is 0 Å². The molecule has 1 saturated carbocycles. The third-order valence-electron chi connectivity index (χ3n) is 4.78. The van der Waals surface area contributed by atoms with E-state index in [9.17, 15) is 13.2 Å². The zero-order valence-corrected chi connectivity index (χ0v) is 15.5. The van der Waals surface area contributed by atoms with Crippen LogP contribution in [-0.4, -0.2) is 33.0 Å². The highest BCUT2D eigenvalue weighted by Crippen LogP contribution is 2.28. The average Bonchev–Trinajstić information content (AvgIpc) is 3.21. The molecule has 0 unspecified atom stereocenters. The van der Waals surface area contributed by atoms with E-state index in [1.165, 1.54) is 6.07 Å². The minimum Gasteiger partial charge on any atom is -0.372 e. The second kappa shape index (κ2) is 8.01. The van der Waals surface area contributed by atoms with Crippen LogP contribution in [0.25, 0.3) is 0 Å². The average molecular weight is 390 g/mol. The van der Waals surface area contributed by atoms with E-state index in [0.29, 0.717) is 19.8 Å². The van der Waals surface area contributed by atoms with Crippen LogP contribution >= 0.6 is 12.4 Å². The van der Waals surface area contributed by atoms with Gasteiger partial charge in [0.2, 0.25) is 15.9 Å². The number of hydrogen-bond acceptors (Lipinski definition) is 5. The van der Waals surface area contributed by atoms with Crippen molar-refractivity contribution >= 4 is 28.3 Å². The predicted octanol–water partition coefficient (Wildman–Crippen LogP) is 0.805. The topological polar surface area (TPSA) is 111 Å². The fourth-order valence-corrected chi connectivity index (χ4v) is 4.36. The molecule has 0 radical (unpaired) electrons. The van der Waals surface area contributed by atoms with Gasteiger partial charge in [-0.3, -0.25) is 4.79 Å². The van der Waals surface area contributed by atoms with Crippen LogP contribution in [0.5, 0.6) is 0 Å². The number of carbonyl (C=O) groups excluding carboxylic acids is 1. The van der Waals surface area contributed by atoms with Crippen molar-refractivity contribution in [3.8, 4) is 0 Å². The molecule has 0 spiro atoms. The lowest BCUT2D eigenvalue weighted by atomic mass is 9.98. The maximum Gasteiger partial charge on any atom is 0.241 e. The second-order valence-electron chi connectivity index (χ2n) is 6.49. The lowest BCUT2D eigenvalue weighted by Gasteiger charge is -2.28. The highest BCUT2D eigenvalue weighted by molar-refractivity contribution is 7.89. The number of fused-ring (bicyclic) bond motifs is 1. The zero-order valence-electron chi connectivity index (χ0n) is 13.9. The van der Waals surface area contributed by atoms with Gasteiger partial charge >= 0.3 is 0 Å². The molecular weight excluding hydrogens is 366 g/mol. The van der Waals surface area contributed by atoms with E-state index >= 15 is 0 Å². The van der Waals surface area contributed by atoms with Crippen molar-refractivity contribution in [1.29, 1.82) is 0 Å². The smallest absolute Gasteiger partial charge is 0.241 e. The predicted molar refractivity (Wildman–Crippen MR) is 95.8 cm³/mol. The summed E-state index contributed by atoms with van der Waals surface area (Å²) < 4.78 is 32.4. The van der Waals surface area contributed by atoms with E-state index in [4.69, 9.17) is 10.5 Å². The molecule has 1 fully saturated rings. The highest BCUT2D eigenvalue weighted by atomic mass is 35.5. The molecule has 1 aromatic rings. The van der Waals surface area contributed by atoms with Crippen molar-refractivity contribution in [2.75, 3.05) is 13.1 Å². The molecule has 1 amide bonds. The highest BCUT2D eigenvalue weighted by Gasteiger charge is 2.34. The van der Waals surface area contributed by atoms with Crippen LogP contribution in [0.15, 0.2) is 23.1 Å². The van der Waals surface area contributed by atoms with Gasteiger partial charge in [0.1, 0.15) is 0 Å². The molecule has 7 nitrogen and oxygen atoms in total. The van der Waals surface area contributed by atoms with Crippen LogP contribution in [-0.2, 0) is 32.8 Å². The number of sulfonamides is 1. The fourth-order valence-electron chi connectivity index (χ4n) is 3.33. The van der Waals surface area contributed by atoms with Crippen LogP contribution in [0.2, 0.25) is 0 Å². The summed E-state index contributed by atoms with van der Waals surface area (Å²) in [6.45, 7) is 0.999. The van der Waals surface area contributed by atoms with Crippen molar-refractivity contribution in [2.45, 2.75) is 49.3 Å². The van der Waals surface area contributed by atoms with Gasteiger partial charge < -0.3 is 15.8 Å². The molecule has 140 valence electrons. The van der Waals surface area contributed by atoms with Gasteiger partial charge in [0, 0.05) is 6.54 Å². The summed E-state index contributed by atoms with van der Waals surface area (Å²) in [6.07, 6.45) is 3.74. The summed E-state index contributed by atoms with van der Waals surface area (Å²) in [5.74, 6) is -0.351. The molecule has 25 heavy (non-hydrogen) atoms. The van der Waals surface area contributed by atoms with Crippen molar-refractivity contribution in [3.63, 3.8) is 0 Å². The Labute approximate surface area is 154 Å². The fraction of sp³-hybridized carbons (Fsp3) is 0.562. The third-order valence-corrected chi connectivity index (χ3v) is 6.18. The lowest BCUT2D eigenvalue weighted by Crippen LogP contribution is -2.54. The van der Waals surface area contributed by atoms with Gasteiger partial charge in [0.05, 0.1) is 30.2 Å². The maximum atomic E-state index is 12.4. The van der Waals surface area contributed by atoms with Gasteiger partial charge in [-0.2, -0.15) is 0 Å². The Morgan fingerprint density at radius 2 is 1.88 bits per heavy atom. The van der Waals surface area contributed by atoms with Crippen LogP contribution in [0.4, 0.5) is 0 Å². The summed E-state index contributed by atoms with van der Waals surface area (Å²) in [5, 5.41) is 2.90. The summed E-state index contributed by atoms with van der Waals surface area (Å²) in [5.41, 5.74) is 7.26. The summed E-state index contributed by atoms with van der Waals surface area (Å²) in [4.78, 5) is 12.3. The number of hydrogen-bond donors (Lipinski definition) is 3. The zero-order chi connectivity index (χ0) is 17.2. The van der Waals surface area contributed by atoms with Crippen molar-refractivity contribution in [3.05, 3.63) is 29.3 Å². The Hall–Kier alpha value is -1.19. The molecule has 0 atom stereocenters. The van der Waals surface area contributed by atoms with E-state index < -0.39 is 10.0 Å². The van der Waals surface area contributed by atoms with Gasteiger partial charge in [-0.25, -0.2) is 13.1 Å². The van der Waals surface area contributed by atoms with E-state index in [1.54, 1.807) is 12.1 Å². The molecule has 2 aliphatic rings. The molecule has 0 saturated heterocycles. The number of nitrogens with two attached hydrogens (primary N) is 1. The third kappa shape index (κ3) is 4.51. The Morgan fingerprint density at radius 1 is 1.20 bits per heavy atom. The Balaban J connectivity index is 0.00000225. The molecule has 4 N–H and O–H groups in total. The molecule has 1 heterocycles. The van der Waals surface area contributed by atoms with Crippen LogP contribution in [0.1, 0.15) is 36.8 Å². The molecular formula is C16H24ClN3O4S. The number of amides is 1. The first-order chi connectivity index (χ1) is 11.4. The maximum absolute atomic E-state index is 12.4. The lowest BCUT2D eigenvalue weighted by molar-refractivity contribution is -0.121. The first-order valence-electron chi connectivity index (χ1n) is 8.14. The summed E-state index contributed by atoms with van der Waals surface area (Å²) in [7, 11) is -3.73. The van der Waals surface area contributed by atoms with Crippen molar-refractivity contribution < 1.29 is 17.9 Å². The standard InChI is InChI=1S/C16H23N3O4S.ClH/c17-11-16(5-1-2-6-16)19-15(20)8-18-24(21,22)14-4-3-12-9-23-10-13(12)7-14;/h3-4,7,18H,1-2,5-6,8-11,17H2,(H,19,20);1H.